The predicted molar refractivity (Wildman–Crippen MR) is 148 cm³/mol. The Labute approximate surface area is 231 Å². The number of likely N-dealkylation sites (tertiary alicyclic amines) is 1. The van der Waals surface area contributed by atoms with Crippen LogP contribution in [0.25, 0.3) is 0 Å². The molecule has 1 amide bonds. The van der Waals surface area contributed by atoms with Crippen molar-refractivity contribution in [1.82, 2.24) is 14.7 Å². The van der Waals surface area contributed by atoms with Gasteiger partial charge in [-0.25, -0.2) is 0 Å². The van der Waals surface area contributed by atoms with Crippen molar-refractivity contribution in [2.45, 2.75) is 44.9 Å². The molecule has 8 nitrogen and oxygen atoms in total. The fraction of sp³-hybridized carbons (Fsp3) is 0.581. The first kappa shape index (κ1) is 26.6. The Hall–Kier alpha value is -2.65. The van der Waals surface area contributed by atoms with E-state index in [1.165, 1.54) is 11.1 Å². The molecule has 4 aliphatic heterocycles. The molecule has 1 atom stereocenters. The van der Waals surface area contributed by atoms with Crippen LogP contribution in [0.1, 0.15) is 41.3 Å². The van der Waals surface area contributed by atoms with E-state index in [0.717, 1.165) is 70.9 Å². The van der Waals surface area contributed by atoms with Crippen molar-refractivity contribution in [3.8, 4) is 11.5 Å². The second-order valence-electron chi connectivity index (χ2n) is 12.1. The smallest absolute Gasteiger partial charge is 0.257 e. The largest absolute Gasteiger partial charge is 0.491 e. The maximum Gasteiger partial charge on any atom is 0.257 e. The molecule has 210 valence electrons. The molecular formula is C31H41N3O5. The summed E-state index contributed by atoms with van der Waals surface area (Å²) in [5, 5.41) is 10.9. The van der Waals surface area contributed by atoms with Gasteiger partial charge in [0.1, 0.15) is 24.2 Å². The maximum absolute atomic E-state index is 13.4. The van der Waals surface area contributed by atoms with Crippen LogP contribution in [0.15, 0.2) is 42.5 Å². The van der Waals surface area contributed by atoms with Crippen LogP contribution in [0.2, 0.25) is 0 Å². The molecule has 2 aromatic carbocycles. The third-order valence-electron chi connectivity index (χ3n) is 8.54. The summed E-state index contributed by atoms with van der Waals surface area (Å²) in [6.45, 7) is 10.6. The van der Waals surface area contributed by atoms with E-state index in [1.54, 1.807) is 4.90 Å². The van der Waals surface area contributed by atoms with Crippen molar-refractivity contribution < 1.29 is 24.1 Å². The van der Waals surface area contributed by atoms with Crippen molar-refractivity contribution in [3.05, 3.63) is 59.2 Å². The Balaban J connectivity index is 1.01. The zero-order valence-electron chi connectivity index (χ0n) is 23.0. The molecule has 0 bridgehead atoms. The van der Waals surface area contributed by atoms with Crippen molar-refractivity contribution in [3.63, 3.8) is 0 Å². The lowest BCUT2D eigenvalue weighted by Crippen LogP contribution is -2.51. The van der Waals surface area contributed by atoms with E-state index in [2.05, 4.69) is 41.0 Å². The van der Waals surface area contributed by atoms with Gasteiger partial charge in [-0.1, -0.05) is 31.2 Å². The van der Waals surface area contributed by atoms with Crippen LogP contribution in [-0.4, -0.2) is 104 Å². The number of rotatable bonds is 8. The molecular weight excluding hydrogens is 494 g/mol. The molecule has 2 saturated heterocycles. The number of aliphatic hydroxyl groups excluding tert-OH is 1. The first-order chi connectivity index (χ1) is 18.9. The highest BCUT2D eigenvalue weighted by Gasteiger charge is 2.36. The molecule has 39 heavy (non-hydrogen) atoms. The standard InChI is InChI=1S/C31H41N3O5/c1-31(21-37-22-31)20-32-12-9-26(10-13-32)39-27-6-7-28-29(16-27)38-15-14-34(30(28)36)19-25(35)18-33-11-8-23-4-2-3-5-24(23)17-33/h2-7,16,25-26,35H,8-15,17-22H2,1H3. The summed E-state index contributed by atoms with van der Waals surface area (Å²) in [6.07, 6.45) is 2.52. The number of benzene rings is 2. The Bertz CT molecular complexity index is 1160. The van der Waals surface area contributed by atoms with Crippen molar-refractivity contribution >= 4 is 5.91 Å². The number of nitrogens with zero attached hydrogens (tertiary/aromatic N) is 3. The van der Waals surface area contributed by atoms with E-state index in [9.17, 15) is 9.90 Å². The first-order valence-electron chi connectivity index (χ1n) is 14.4. The van der Waals surface area contributed by atoms with E-state index in [1.807, 2.05) is 18.2 Å². The number of β-amino-alcohol motifs (C(OH)–C–C–N with tert-alkyl or cyclic N) is 1. The normalized spacial score (nSPS) is 22.7. The molecule has 2 fully saturated rings. The molecule has 1 N–H and O–H groups in total. The number of ether oxygens (including phenoxy) is 3. The van der Waals surface area contributed by atoms with E-state index >= 15 is 0 Å². The van der Waals surface area contributed by atoms with Gasteiger partial charge in [0.25, 0.3) is 5.91 Å². The lowest BCUT2D eigenvalue weighted by atomic mass is 9.87. The van der Waals surface area contributed by atoms with Gasteiger partial charge >= 0.3 is 0 Å². The first-order valence-corrected chi connectivity index (χ1v) is 14.4. The zero-order chi connectivity index (χ0) is 26.8. The summed E-state index contributed by atoms with van der Waals surface area (Å²) in [5.74, 6) is 1.22. The van der Waals surface area contributed by atoms with Crippen LogP contribution in [0.4, 0.5) is 0 Å². The summed E-state index contributed by atoms with van der Waals surface area (Å²) >= 11 is 0. The number of hydrogen-bond acceptors (Lipinski definition) is 7. The number of fused-ring (bicyclic) bond motifs is 2. The molecule has 0 aliphatic carbocycles. The van der Waals surface area contributed by atoms with E-state index in [4.69, 9.17) is 14.2 Å². The second-order valence-corrected chi connectivity index (χ2v) is 12.1. The van der Waals surface area contributed by atoms with E-state index in [-0.39, 0.29) is 12.0 Å². The van der Waals surface area contributed by atoms with Gasteiger partial charge in [-0.3, -0.25) is 9.69 Å². The third-order valence-corrected chi connectivity index (χ3v) is 8.54. The predicted octanol–water partition coefficient (Wildman–Crippen LogP) is 2.82. The van der Waals surface area contributed by atoms with Gasteiger partial charge < -0.3 is 29.1 Å². The SMILES string of the molecule is CC1(CN2CCC(Oc3ccc4c(c3)OCCN(CC(O)CN3CCc5ccccc5C3)C4=O)CC2)COC1. The fourth-order valence-corrected chi connectivity index (χ4v) is 6.36. The molecule has 2 aromatic rings. The highest BCUT2D eigenvalue weighted by molar-refractivity contribution is 5.97. The molecule has 0 radical (unpaired) electrons. The maximum atomic E-state index is 13.4. The summed E-state index contributed by atoms with van der Waals surface area (Å²) in [5.41, 5.74) is 3.55. The van der Waals surface area contributed by atoms with E-state index < -0.39 is 6.10 Å². The molecule has 6 rings (SSSR count). The minimum absolute atomic E-state index is 0.0983. The van der Waals surface area contributed by atoms with Crippen LogP contribution in [0, 0.1) is 5.41 Å². The van der Waals surface area contributed by atoms with Crippen LogP contribution < -0.4 is 9.47 Å². The molecule has 8 heteroatoms. The van der Waals surface area contributed by atoms with Gasteiger partial charge in [0.2, 0.25) is 0 Å². The molecule has 0 spiro atoms. The van der Waals surface area contributed by atoms with Gasteiger partial charge in [-0.15, -0.1) is 0 Å². The van der Waals surface area contributed by atoms with Crippen LogP contribution >= 0.6 is 0 Å². The van der Waals surface area contributed by atoms with Gasteiger partial charge in [0.15, 0.2) is 0 Å². The van der Waals surface area contributed by atoms with Crippen LogP contribution in [0.5, 0.6) is 11.5 Å². The molecule has 1 unspecified atom stereocenters. The summed E-state index contributed by atoms with van der Waals surface area (Å²) in [6, 6.07) is 14.0. The highest BCUT2D eigenvalue weighted by atomic mass is 16.5. The number of aliphatic hydroxyl groups is 1. The lowest BCUT2D eigenvalue weighted by Gasteiger charge is -2.43. The Morgan fingerprint density at radius 1 is 1.03 bits per heavy atom. The molecule has 0 saturated carbocycles. The average molecular weight is 536 g/mol. The minimum atomic E-state index is -0.617. The summed E-state index contributed by atoms with van der Waals surface area (Å²) in [7, 11) is 0. The minimum Gasteiger partial charge on any atom is -0.491 e. The van der Waals surface area contributed by atoms with Gasteiger partial charge in [0.05, 0.1) is 31.4 Å². The van der Waals surface area contributed by atoms with Crippen molar-refractivity contribution in [2.75, 3.05) is 65.6 Å². The number of hydrogen-bond donors (Lipinski definition) is 1. The topological polar surface area (TPSA) is 74.7 Å². The number of carbonyl (C=O) groups is 1. The lowest BCUT2D eigenvalue weighted by molar-refractivity contribution is -0.118. The summed E-state index contributed by atoms with van der Waals surface area (Å²) in [4.78, 5) is 19.9. The number of carbonyl (C=O) groups excluding carboxylic acids is 1. The highest BCUT2D eigenvalue weighted by Crippen LogP contribution is 2.32. The van der Waals surface area contributed by atoms with Crippen LogP contribution in [-0.2, 0) is 17.7 Å². The quantitative estimate of drug-likeness (QED) is 0.557. The zero-order valence-corrected chi connectivity index (χ0v) is 23.0. The van der Waals surface area contributed by atoms with Crippen molar-refractivity contribution in [1.29, 1.82) is 0 Å². The molecule has 0 aromatic heterocycles. The molecule has 4 heterocycles. The Morgan fingerprint density at radius 2 is 1.82 bits per heavy atom. The van der Waals surface area contributed by atoms with Crippen LogP contribution in [0.3, 0.4) is 0 Å². The average Bonchev–Trinajstić information content (AvgIpc) is 3.07. The van der Waals surface area contributed by atoms with Gasteiger partial charge in [-0.05, 0) is 42.5 Å². The van der Waals surface area contributed by atoms with Crippen molar-refractivity contribution in [2.24, 2.45) is 5.41 Å². The number of piperidine rings is 1. The van der Waals surface area contributed by atoms with Gasteiger partial charge in [-0.2, -0.15) is 0 Å². The van der Waals surface area contributed by atoms with E-state index in [0.29, 0.717) is 43.0 Å². The van der Waals surface area contributed by atoms with Gasteiger partial charge in [0, 0.05) is 57.3 Å². The number of amides is 1. The fourth-order valence-electron chi connectivity index (χ4n) is 6.36. The Morgan fingerprint density at radius 3 is 2.59 bits per heavy atom. The molecule has 4 aliphatic rings. The summed E-state index contributed by atoms with van der Waals surface area (Å²) < 4.78 is 17.7. The third kappa shape index (κ3) is 6.24. The monoisotopic (exact) mass is 535 g/mol. The second kappa shape index (κ2) is 11.5. The Kier molecular flexibility index (Phi) is 7.80.